The number of benzene rings is 3. The van der Waals surface area contributed by atoms with Crippen molar-refractivity contribution in [1.82, 2.24) is 4.57 Å². The van der Waals surface area contributed by atoms with Gasteiger partial charge in [-0.3, -0.25) is 9.36 Å². The molecule has 4 aromatic rings. The van der Waals surface area contributed by atoms with E-state index in [4.69, 9.17) is 21.1 Å². The van der Waals surface area contributed by atoms with Crippen molar-refractivity contribution in [2.45, 2.75) is 26.5 Å². The minimum absolute atomic E-state index is 0.172. The van der Waals surface area contributed by atoms with Crippen LogP contribution in [0.1, 0.15) is 36.6 Å². The van der Waals surface area contributed by atoms with Crippen LogP contribution in [0.4, 0.5) is 4.39 Å². The Kier molecular flexibility index (Phi) is 7.77. The Morgan fingerprint density at radius 3 is 2.64 bits per heavy atom. The van der Waals surface area contributed by atoms with Crippen LogP contribution in [0.3, 0.4) is 0 Å². The minimum atomic E-state index is -0.798. The van der Waals surface area contributed by atoms with Gasteiger partial charge in [0.15, 0.2) is 4.80 Å². The van der Waals surface area contributed by atoms with E-state index >= 15 is 0 Å². The van der Waals surface area contributed by atoms with Crippen LogP contribution in [0.5, 0.6) is 5.75 Å². The number of hydrogen-bond donors (Lipinski definition) is 0. The predicted molar refractivity (Wildman–Crippen MR) is 149 cm³/mol. The maximum Gasteiger partial charge on any atom is 0.338 e. The molecule has 0 unspecified atom stereocenters. The molecule has 1 aliphatic rings. The van der Waals surface area contributed by atoms with Gasteiger partial charge in [0.05, 0.1) is 28.5 Å². The molecule has 0 N–H and O–H groups in total. The van der Waals surface area contributed by atoms with Crippen LogP contribution in [-0.4, -0.2) is 17.1 Å². The maximum atomic E-state index is 13.7. The van der Waals surface area contributed by atoms with Crippen LogP contribution in [0, 0.1) is 5.82 Å². The molecule has 3 aromatic carbocycles. The average molecular weight is 563 g/mol. The summed E-state index contributed by atoms with van der Waals surface area (Å²) < 4.78 is 26.8. The Labute approximate surface area is 232 Å². The highest BCUT2D eigenvalue weighted by Crippen LogP contribution is 2.30. The van der Waals surface area contributed by atoms with Crippen LogP contribution in [0.15, 0.2) is 93.9 Å². The van der Waals surface area contributed by atoms with E-state index in [0.717, 1.165) is 11.1 Å². The highest BCUT2D eigenvalue weighted by molar-refractivity contribution is 7.07. The molecule has 1 atom stereocenters. The van der Waals surface area contributed by atoms with Crippen molar-refractivity contribution in [3.63, 3.8) is 0 Å². The molecule has 6 nitrogen and oxygen atoms in total. The smallest absolute Gasteiger partial charge is 0.338 e. The van der Waals surface area contributed by atoms with E-state index in [-0.39, 0.29) is 17.7 Å². The van der Waals surface area contributed by atoms with Crippen molar-refractivity contribution >= 4 is 35.0 Å². The number of rotatable bonds is 7. The van der Waals surface area contributed by atoms with E-state index in [0.29, 0.717) is 38.0 Å². The molecule has 0 radical (unpaired) electrons. The lowest BCUT2D eigenvalue weighted by molar-refractivity contribution is -0.139. The third-order valence-corrected chi connectivity index (χ3v) is 7.56. The Morgan fingerprint density at radius 2 is 1.90 bits per heavy atom. The summed E-state index contributed by atoms with van der Waals surface area (Å²) in [5, 5.41) is 0.628. The van der Waals surface area contributed by atoms with Crippen molar-refractivity contribution in [2.24, 2.45) is 4.99 Å². The predicted octanol–water partition coefficient (Wildman–Crippen LogP) is 5.17. The third kappa shape index (κ3) is 5.57. The maximum absolute atomic E-state index is 13.7. The molecule has 0 saturated heterocycles. The SMILES string of the molecule is CCOC(=O)C1=C(C)N=c2s/c(=C/c3cccc(OCc4ccccc4Cl)c3)c(=O)n2[C@H]1c1ccc(F)cc1. The van der Waals surface area contributed by atoms with E-state index in [1.807, 2.05) is 48.5 Å². The number of allylic oxidation sites excluding steroid dienone is 1. The van der Waals surface area contributed by atoms with Crippen LogP contribution < -0.4 is 19.6 Å². The summed E-state index contributed by atoms with van der Waals surface area (Å²) in [5.41, 5.74) is 2.59. The molecule has 0 saturated carbocycles. The summed E-state index contributed by atoms with van der Waals surface area (Å²) in [6.45, 7) is 3.89. The molecule has 0 bridgehead atoms. The summed E-state index contributed by atoms with van der Waals surface area (Å²) in [6.07, 6.45) is 1.76. The van der Waals surface area contributed by atoms with Crippen LogP contribution in [0.2, 0.25) is 5.02 Å². The molecule has 1 aliphatic heterocycles. The molecule has 2 heterocycles. The fourth-order valence-electron chi connectivity index (χ4n) is 4.37. The van der Waals surface area contributed by atoms with Crippen molar-refractivity contribution in [3.05, 3.63) is 131 Å². The Bertz CT molecular complexity index is 1760. The van der Waals surface area contributed by atoms with Gasteiger partial charge in [-0.15, -0.1) is 0 Å². The van der Waals surface area contributed by atoms with E-state index in [1.54, 1.807) is 32.1 Å². The molecule has 5 rings (SSSR count). The average Bonchev–Trinajstić information content (AvgIpc) is 3.22. The number of nitrogens with zero attached hydrogens (tertiary/aromatic N) is 2. The molecule has 0 spiro atoms. The molecular weight excluding hydrogens is 539 g/mol. The molecule has 0 fully saturated rings. The summed E-state index contributed by atoms with van der Waals surface area (Å²) in [5.74, 6) is -0.354. The van der Waals surface area contributed by atoms with Gasteiger partial charge in [0.1, 0.15) is 18.2 Å². The molecule has 9 heteroatoms. The fraction of sp³-hybridized carbons (Fsp3) is 0.167. The largest absolute Gasteiger partial charge is 0.489 e. The van der Waals surface area contributed by atoms with Crippen molar-refractivity contribution in [3.8, 4) is 5.75 Å². The number of esters is 1. The Hall–Kier alpha value is -4.01. The second-order valence-corrected chi connectivity index (χ2v) is 10.2. The molecule has 39 heavy (non-hydrogen) atoms. The van der Waals surface area contributed by atoms with E-state index < -0.39 is 17.8 Å². The number of carbonyl (C=O) groups is 1. The number of aromatic nitrogens is 1. The van der Waals surface area contributed by atoms with Crippen molar-refractivity contribution in [2.75, 3.05) is 6.61 Å². The zero-order chi connectivity index (χ0) is 27.5. The van der Waals surface area contributed by atoms with Crippen molar-refractivity contribution < 1.29 is 18.7 Å². The van der Waals surface area contributed by atoms with Crippen molar-refractivity contribution in [1.29, 1.82) is 0 Å². The fourth-order valence-corrected chi connectivity index (χ4v) is 5.61. The van der Waals surface area contributed by atoms with Gasteiger partial charge in [0, 0.05) is 10.6 Å². The third-order valence-electron chi connectivity index (χ3n) is 6.21. The summed E-state index contributed by atoms with van der Waals surface area (Å²) in [4.78, 5) is 31.7. The number of carbonyl (C=O) groups excluding carboxylic acids is 1. The van der Waals surface area contributed by atoms with Crippen LogP contribution in [-0.2, 0) is 16.1 Å². The van der Waals surface area contributed by atoms with Gasteiger partial charge in [-0.2, -0.15) is 0 Å². The van der Waals surface area contributed by atoms with Crippen LogP contribution in [0.25, 0.3) is 6.08 Å². The van der Waals surface area contributed by atoms with Gasteiger partial charge in [-0.25, -0.2) is 14.2 Å². The first kappa shape index (κ1) is 26.6. The molecule has 198 valence electrons. The standard InChI is InChI=1S/C30H24ClFN2O4S/c1-3-37-29(36)26-18(2)33-30-34(27(26)20-11-13-22(32)14-12-20)28(35)25(39-30)16-19-7-6-9-23(15-19)38-17-21-8-4-5-10-24(21)31/h4-16,27H,3,17H2,1-2H3/b25-16+/t27-/m0/s1. The highest BCUT2D eigenvalue weighted by Gasteiger charge is 2.33. The number of thiazole rings is 1. The zero-order valence-electron chi connectivity index (χ0n) is 21.2. The highest BCUT2D eigenvalue weighted by atomic mass is 35.5. The summed E-state index contributed by atoms with van der Waals surface area (Å²) >= 11 is 7.45. The summed E-state index contributed by atoms with van der Waals surface area (Å²) in [7, 11) is 0. The van der Waals surface area contributed by atoms with Gasteiger partial charge >= 0.3 is 5.97 Å². The Morgan fingerprint density at radius 1 is 1.13 bits per heavy atom. The number of halogens is 2. The van der Waals surface area contributed by atoms with E-state index in [1.165, 1.54) is 28.0 Å². The molecular formula is C30H24ClFN2O4S. The van der Waals surface area contributed by atoms with Gasteiger partial charge in [-0.05, 0) is 61.4 Å². The van der Waals surface area contributed by atoms with Gasteiger partial charge in [0.2, 0.25) is 0 Å². The molecule has 1 aromatic heterocycles. The monoisotopic (exact) mass is 562 g/mol. The minimum Gasteiger partial charge on any atom is -0.489 e. The first-order chi connectivity index (χ1) is 18.9. The van der Waals surface area contributed by atoms with Crippen LogP contribution >= 0.6 is 22.9 Å². The first-order valence-corrected chi connectivity index (χ1v) is 13.5. The lowest BCUT2D eigenvalue weighted by Gasteiger charge is -2.24. The molecule has 0 amide bonds. The Balaban J connectivity index is 1.55. The summed E-state index contributed by atoms with van der Waals surface area (Å²) in [6, 6.07) is 19.8. The van der Waals surface area contributed by atoms with Gasteiger partial charge in [-0.1, -0.05) is 65.4 Å². The topological polar surface area (TPSA) is 69.9 Å². The van der Waals surface area contributed by atoms with E-state index in [9.17, 15) is 14.0 Å². The number of hydrogen-bond acceptors (Lipinski definition) is 6. The molecule has 0 aliphatic carbocycles. The second kappa shape index (κ2) is 11.4. The quantitative estimate of drug-likeness (QED) is 0.291. The lowest BCUT2D eigenvalue weighted by atomic mass is 9.96. The second-order valence-electron chi connectivity index (χ2n) is 8.81. The zero-order valence-corrected chi connectivity index (χ0v) is 22.8. The number of ether oxygens (including phenoxy) is 2. The van der Waals surface area contributed by atoms with Gasteiger partial charge < -0.3 is 9.47 Å². The van der Waals surface area contributed by atoms with E-state index in [2.05, 4.69) is 4.99 Å². The van der Waals surface area contributed by atoms with Gasteiger partial charge in [0.25, 0.3) is 5.56 Å². The normalized spacial score (nSPS) is 15.1. The number of fused-ring (bicyclic) bond motifs is 1. The first-order valence-electron chi connectivity index (χ1n) is 12.3. The lowest BCUT2D eigenvalue weighted by Crippen LogP contribution is -2.39.